The second-order valence-corrected chi connectivity index (χ2v) is 4.94. The average molecular weight is 279 g/mol. The van der Waals surface area contributed by atoms with Crippen LogP contribution in [0.1, 0.15) is 31.0 Å². The zero-order valence-corrected chi connectivity index (χ0v) is 12.1. The van der Waals surface area contributed by atoms with E-state index in [-0.39, 0.29) is 16.3 Å². The SMILES string of the molecule is CCCCn1c(C)cc(C)c(-c2n[nH]c(=S)o2)c1=O. The first-order chi connectivity index (χ1) is 9.04. The van der Waals surface area contributed by atoms with Crippen LogP contribution in [-0.2, 0) is 6.54 Å². The molecule has 0 bridgehead atoms. The molecule has 0 atom stereocenters. The minimum absolute atomic E-state index is 0.0730. The van der Waals surface area contributed by atoms with Crippen molar-refractivity contribution >= 4 is 12.2 Å². The van der Waals surface area contributed by atoms with Crippen LogP contribution in [0.2, 0.25) is 0 Å². The van der Waals surface area contributed by atoms with E-state index in [1.165, 1.54) is 0 Å². The molecule has 0 aliphatic rings. The molecule has 19 heavy (non-hydrogen) atoms. The Morgan fingerprint density at radius 3 is 2.79 bits per heavy atom. The summed E-state index contributed by atoms with van der Waals surface area (Å²) in [4.78, 5) is 12.7. The molecule has 0 fully saturated rings. The molecule has 5 nitrogen and oxygen atoms in total. The number of nitrogens with zero attached hydrogens (tertiary/aromatic N) is 2. The van der Waals surface area contributed by atoms with E-state index in [0.717, 1.165) is 24.1 Å². The van der Waals surface area contributed by atoms with Crippen LogP contribution in [0, 0.1) is 18.7 Å². The number of unbranched alkanes of at least 4 members (excludes halogenated alkanes) is 1. The Kier molecular flexibility index (Phi) is 3.99. The first-order valence-electron chi connectivity index (χ1n) is 6.31. The first-order valence-corrected chi connectivity index (χ1v) is 6.72. The van der Waals surface area contributed by atoms with E-state index in [9.17, 15) is 4.79 Å². The maximum Gasteiger partial charge on any atom is 0.284 e. The molecule has 0 spiro atoms. The maximum absolute atomic E-state index is 12.5. The third-order valence-corrected chi connectivity index (χ3v) is 3.27. The van der Waals surface area contributed by atoms with E-state index in [1.807, 2.05) is 19.9 Å². The number of aromatic nitrogens is 3. The Labute approximate surface area is 116 Å². The summed E-state index contributed by atoms with van der Waals surface area (Å²) < 4.78 is 7.03. The molecule has 2 rings (SSSR count). The topological polar surface area (TPSA) is 63.8 Å². The van der Waals surface area contributed by atoms with Gasteiger partial charge < -0.3 is 8.98 Å². The molecular formula is C13H17N3O2S. The molecule has 0 aliphatic carbocycles. The molecule has 2 heterocycles. The summed E-state index contributed by atoms with van der Waals surface area (Å²) in [5, 5.41) is 6.50. The quantitative estimate of drug-likeness (QED) is 0.874. The molecule has 0 saturated carbocycles. The van der Waals surface area contributed by atoms with Crippen LogP contribution in [0.3, 0.4) is 0 Å². The lowest BCUT2D eigenvalue weighted by Crippen LogP contribution is -2.25. The van der Waals surface area contributed by atoms with E-state index in [2.05, 4.69) is 17.1 Å². The number of aromatic amines is 1. The molecule has 0 saturated heterocycles. The summed E-state index contributed by atoms with van der Waals surface area (Å²) in [6.45, 7) is 6.62. The normalized spacial score (nSPS) is 10.9. The molecule has 0 amide bonds. The van der Waals surface area contributed by atoms with Crippen LogP contribution in [0.25, 0.3) is 11.5 Å². The Balaban J connectivity index is 2.61. The van der Waals surface area contributed by atoms with Gasteiger partial charge in [0.25, 0.3) is 16.3 Å². The zero-order valence-electron chi connectivity index (χ0n) is 11.3. The van der Waals surface area contributed by atoms with Crippen molar-refractivity contribution in [3.05, 3.63) is 32.5 Å². The van der Waals surface area contributed by atoms with Crippen LogP contribution in [-0.4, -0.2) is 14.8 Å². The van der Waals surface area contributed by atoms with Gasteiger partial charge in [-0.1, -0.05) is 13.3 Å². The van der Waals surface area contributed by atoms with Gasteiger partial charge in [0.2, 0.25) is 0 Å². The van der Waals surface area contributed by atoms with E-state index < -0.39 is 0 Å². The van der Waals surface area contributed by atoms with Gasteiger partial charge in [-0.15, -0.1) is 5.10 Å². The highest BCUT2D eigenvalue weighted by Gasteiger charge is 2.16. The Morgan fingerprint density at radius 1 is 1.47 bits per heavy atom. The van der Waals surface area contributed by atoms with E-state index in [0.29, 0.717) is 12.1 Å². The monoisotopic (exact) mass is 279 g/mol. The highest BCUT2D eigenvalue weighted by molar-refractivity contribution is 7.71. The molecule has 2 aromatic rings. The lowest BCUT2D eigenvalue weighted by Gasteiger charge is -2.12. The molecule has 1 N–H and O–H groups in total. The number of rotatable bonds is 4. The van der Waals surface area contributed by atoms with Gasteiger partial charge in [0, 0.05) is 12.2 Å². The molecule has 0 radical (unpaired) electrons. The van der Waals surface area contributed by atoms with E-state index in [1.54, 1.807) is 4.57 Å². The number of hydrogen-bond donors (Lipinski definition) is 1. The summed E-state index contributed by atoms with van der Waals surface area (Å²) >= 11 is 4.85. The molecule has 0 unspecified atom stereocenters. The summed E-state index contributed by atoms with van der Waals surface area (Å²) in [6.07, 6.45) is 2.01. The fraction of sp³-hybridized carbons (Fsp3) is 0.462. The summed E-state index contributed by atoms with van der Waals surface area (Å²) in [6, 6.07) is 1.97. The largest absolute Gasteiger partial charge is 0.409 e. The number of pyridine rings is 1. The summed E-state index contributed by atoms with van der Waals surface area (Å²) in [5.74, 6) is 0.262. The molecular weight excluding hydrogens is 262 g/mol. The fourth-order valence-corrected chi connectivity index (χ4v) is 2.24. The van der Waals surface area contributed by atoms with Crippen molar-refractivity contribution < 1.29 is 4.42 Å². The molecule has 0 aromatic carbocycles. The summed E-state index contributed by atoms with van der Waals surface area (Å²) in [7, 11) is 0. The third kappa shape index (κ3) is 2.68. The van der Waals surface area contributed by atoms with Crippen LogP contribution in [0.15, 0.2) is 15.3 Å². The Bertz CT molecular complexity index is 697. The smallest absolute Gasteiger partial charge is 0.284 e. The third-order valence-electron chi connectivity index (χ3n) is 3.09. The number of H-pyrrole nitrogens is 1. The highest BCUT2D eigenvalue weighted by atomic mass is 32.1. The number of aryl methyl sites for hydroxylation is 2. The predicted molar refractivity (Wildman–Crippen MR) is 75.8 cm³/mol. The van der Waals surface area contributed by atoms with Gasteiger partial charge in [0.1, 0.15) is 5.56 Å². The Hall–Kier alpha value is -1.69. The average Bonchev–Trinajstić information content (AvgIpc) is 2.75. The maximum atomic E-state index is 12.5. The lowest BCUT2D eigenvalue weighted by molar-refractivity contribution is 0.546. The van der Waals surface area contributed by atoms with Crippen molar-refractivity contribution in [1.82, 2.24) is 14.8 Å². The number of hydrogen-bond acceptors (Lipinski definition) is 4. The van der Waals surface area contributed by atoms with Crippen molar-refractivity contribution in [2.24, 2.45) is 0 Å². The van der Waals surface area contributed by atoms with Gasteiger partial charge in [0.15, 0.2) is 0 Å². The standard InChI is InChI=1S/C13H17N3O2S/c1-4-5-6-16-9(3)7-8(2)10(12(16)17)11-14-15-13(19)18-11/h7H,4-6H2,1-3H3,(H,15,19). The van der Waals surface area contributed by atoms with Crippen LogP contribution in [0.5, 0.6) is 0 Å². The predicted octanol–water partition coefficient (Wildman–Crippen LogP) is 2.98. The van der Waals surface area contributed by atoms with E-state index in [4.69, 9.17) is 16.6 Å². The summed E-state index contributed by atoms with van der Waals surface area (Å²) in [5.41, 5.74) is 2.21. The van der Waals surface area contributed by atoms with Gasteiger partial charge in [-0.25, -0.2) is 5.10 Å². The van der Waals surface area contributed by atoms with Crippen LogP contribution in [0.4, 0.5) is 0 Å². The Morgan fingerprint density at radius 2 is 2.21 bits per heavy atom. The van der Waals surface area contributed by atoms with Crippen LogP contribution < -0.4 is 5.56 Å². The lowest BCUT2D eigenvalue weighted by atomic mass is 10.1. The van der Waals surface area contributed by atoms with Crippen LogP contribution >= 0.6 is 12.2 Å². The van der Waals surface area contributed by atoms with E-state index >= 15 is 0 Å². The molecule has 0 aliphatic heterocycles. The van der Waals surface area contributed by atoms with Gasteiger partial charge in [0.05, 0.1) is 0 Å². The number of nitrogens with one attached hydrogen (secondary N) is 1. The van der Waals surface area contributed by atoms with Crippen molar-refractivity contribution in [2.45, 2.75) is 40.2 Å². The second kappa shape index (κ2) is 5.52. The van der Waals surface area contributed by atoms with Gasteiger partial charge >= 0.3 is 0 Å². The van der Waals surface area contributed by atoms with Crippen molar-refractivity contribution in [3.63, 3.8) is 0 Å². The highest BCUT2D eigenvalue weighted by Crippen LogP contribution is 2.18. The van der Waals surface area contributed by atoms with Gasteiger partial charge in [-0.3, -0.25) is 4.79 Å². The minimum atomic E-state index is -0.0730. The first kappa shape index (κ1) is 13.7. The fourth-order valence-electron chi connectivity index (χ4n) is 2.12. The van der Waals surface area contributed by atoms with Crippen molar-refractivity contribution in [1.29, 1.82) is 0 Å². The molecule has 102 valence electrons. The van der Waals surface area contributed by atoms with Gasteiger partial charge in [-0.2, -0.15) is 0 Å². The zero-order chi connectivity index (χ0) is 14.0. The molecule has 6 heteroatoms. The minimum Gasteiger partial charge on any atom is -0.409 e. The van der Waals surface area contributed by atoms with Gasteiger partial charge in [-0.05, 0) is 44.1 Å². The second-order valence-electron chi connectivity index (χ2n) is 4.57. The van der Waals surface area contributed by atoms with Crippen molar-refractivity contribution in [2.75, 3.05) is 0 Å². The van der Waals surface area contributed by atoms with Crippen molar-refractivity contribution in [3.8, 4) is 11.5 Å². The molecule has 2 aromatic heterocycles.